The Balaban J connectivity index is 0.822. The van der Waals surface area contributed by atoms with Gasteiger partial charge in [0, 0.05) is 101 Å². The fourth-order valence-corrected chi connectivity index (χ4v) is 20.3. The zero-order valence-electron chi connectivity index (χ0n) is 59.6. The van der Waals surface area contributed by atoms with Crippen LogP contribution in [-0.2, 0) is 0 Å². The average Bonchev–Trinajstić information content (AvgIpc) is 0.794. The lowest BCUT2D eigenvalue weighted by molar-refractivity contribution is 1.16. The Bertz CT molecular complexity index is 7140. The highest BCUT2D eigenvalue weighted by Gasteiger charge is 2.49. The van der Waals surface area contributed by atoms with Gasteiger partial charge in [-0.15, -0.1) is 0 Å². The summed E-state index contributed by atoms with van der Waals surface area (Å²) in [6.07, 6.45) is 0. The Morgan fingerprint density at radius 1 is 0.173 bits per heavy atom. The first-order valence-electron chi connectivity index (χ1n) is 38.3. The second-order valence-electron chi connectivity index (χ2n) is 30.2. The summed E-state index contributed by atoms with van der Waals surface area (Å²) < 4.78 is 5.25. The van der Waals surface area contributed by atoms with Crippen LogP contribution in [0.25, 0.3) is 120 Å². The zero-order valence-corrected chi connectivity index (χ0v) is 59.6. The molecule has 0 fully saturated rings. The Kier molecular flexibility index (Phi) is 12.3. The summed E-state index contributed by atoms with van der Waals surface area (Å²) in [6, 6.07) is 143. The fraction of sp³-hybridized carbons (Fsp3) is 0. The van der Waals surface area contributed by atoms with Crippen molar-refractivity contribution in [3.05, 3.63) is 376 Å². The molecule has 0 unspecified atom stereocenters. The van der Waals surface area contributed by atoms with E-state index in [-0.39, 0.29) is 13.4 Å². The molecule has 6 heterocycles. The second-order valence-corrected chi connectivity index (χ2v) is 30.2. The van der Waals surface area contributed by atoms with Crippen LogP contribution in [0.1, 0.15) is 0 Å². The lowest BCUT2D eigenvalue weighted by Crippen LogP contribution is -2.65. The van der Waals surface area contributed by atoms with Gasteiger partial charge in [0.25, 0.3) is 13.4 Å². The maximum atomic E-state index is 2.67. The third kappa shape index (κ3) is 8.18. The average molecular weight is 1390 g/mol. The molecule has 2 aromatic heterocycles. The summed E-state index contributed by atoms with van der Waals surface area (Å²) in [5, 5.41) is 19.7. The molecule has 0 atom stereocenters. The molecule has 4 aliphatic rings. The number of hydrogen-bond acceptors (Lipinski definition) is 4. The summed E-state index contributed by atoms with van der Waals surface area (Å²) >= 11 is 0. The molecule has 0 bridgehead atoms. The molecule has 6 nitrogen and oxygen atoms in total. The molecule has 0 spiro atoms. The standard InChI is InChI=1S/C102H62B2N6/c1-5-33-67(34-6-1)105-87-51-27-25-49-83(87)103-85-61-86-92(62-91(85)107(69-37-9-3-10-38-69)95-59-71(57-93(105)99(95)103)109-89-55-65-31-15-13-29-63(65)53-81(89)97-77-45-21-17-41-73(77)75-43-19-23-47-79(75)101(97)109)108(70-39-11-4-12-40-70)96-60-72(58-94-100(96)104(86)84-50-26-28-52-88(84)106(94)68-35-7-2-8-36-68)110-90-56-66-32-16-14-30-64(66)54-82(90)98-78-46-22-18-42-74(78)76-44-20-24-48-80(76)102(98)110/h1-62H. The summed E-state index contributed by atoms with van der Waals surface area (Å²) in [7, 11) is 0. The predicted molar refractivity (Wildman–Crippen MR) is 468 cm³/mol. The molecule has 25 rings (SSSR count). The predicted octanol–water partition coefficient (Wildman–Crippen LogP) is 23.0. The van der Waals surface area contributed by atoms with Crippen LogP contribution < -0.4 is 52.4 Å². The molecule has 0 radical (unpaired) electrons. The van der Waals surface area contributed by atoms with E-state index < -0.39 is 0 Å². The Hall–Kier alpha value is -14.3. The molecule has 0 amide bonds. The highest BCUT2D eigenvalue weighted by Crippen LogP contribution is 2.53. The monoisotopic (exact) mass is 1390 g/mol. The highest BCUT2D eigenvalue weighted by molar-refractivity contribution is 7.03. The van der Waals surface area contributed by atoms with E-state index in [1.54, 1.807) is 0 Å². The van der Waals surface area contributed by atoms with E-state index in [1.165, 1.54) is 130 Å². The molecule has 21 aromatic rings. The van der Waals surface area contributed by atoms with Gasteiger partial charge in [0.2, 0.25) is 0 Å². The summed E-state index contributed by atoms with van der Waals surface area (Å²) in [4.78, 5) is 10.4. The van der Waals surface area contributed by atoms with Crippen molar-refractivity contribution in [1.82, 2.24) is 9.13 Å². The van der Waals surface area contributed by atoms with Gasteiger partial charge in [0.15, 0.2) is 0 Å². The quantitative estimate of drug-likeness (QED) is 0.122. The van der Waals surface area contributed by atoms with E-state index in [9.17, 15) is 0 Å². The van der Waals surface area contributed by atoms with Crippen molar-refractivity contribution in [2.24, 2.45) is 0 Å². The summed E-state index contributed by atoms with van der Waals surface area (Å²) in [6.45, 7) is -0.412. The van der Waals surface area contributed by atoms with Crippen LogP contribution in [0.4, 0.5) is 68.2 Å². The molecule has 4 aliphatic heterocycles. The first kappa shape index (κ1) is 59.9. The van der Waals surface area contributed by atoms with Crippen molar-refractivity contribution in [3.8, 4) is 11.4 Å². The van der Waals surface area contributed by atoms with Crippen LogP contribution in [0.2, 0.25) is 0 Å². The molecule has 19 aromatic carbocycles. The van der Waals surface area contributed by atoms with Gasteiger partial charge in [-0.25, -0.2) is 0 Å². The number of hydrogen-bond donors (Lipinski definition) is 0. The zero-order chi connectivity index (χ0) is 71.6. The van der Waals surface area contributed by atoms with Gasteiger partial charge in [0.05, 0.1) is 33.4 Å². The molecule has 0 saturated carbocycles. The van der Waals surface area contributed by atoms with Crippen LogP contribution >= 0.6 is 0 Å². The number of nitrogens with zero attached hydrogens (tertiary/aromatic N) is 6. The van der Waals surface area contributed by atoms with Crippen molar-refractivity contribution in [2.75, 3.05) is 19.6 Å². The first-order chi connectivity index (χ1) is 54.6. The second kappa shape index (κ2) is 22.6. The van der Waals surface area contributed by atoms with Crippen molar-refractivity contribution in [1.29, 1.82) is 0 Å². The summed E-state index contributed by atoms with van der Waals surface area (Å²) in [5.41, 5.74) is 27.9. The van der Waals surface area contributed by atoms with Crippen molar-refractivity contribution in [3.63, 3.8) is 0 Å². The SMILES string of the molecule is c1ccc(N2c3ccccc3B3c4cc5c(cc4N(c4ccccc4)c4cc(-n6c7cc8ccccc8cc7c7c8ccccc8c8ccccc8c76)cc2c43)N(c2ccccc2)c2cc(-n3c4cc6ccccc6cc4c4c6ccccc6c6ccccc6c43)cc3c2B5c2ccccc2N3c2ccccc2)cc1. The van der Waals surface area contributed by atoms with Crippen molar-refractivity contribution >= 4 is 223 Å². The van der Waals surface area contributed by atoms with Crippen LogP contribution in [0.3, 0.4) is 0 Å². The first-order valence-corrected chi connectivity index (χ1v) is 38.3. The number of para-hydroxylation sites is 6. The summed E-state index contributed by atoms with van der Waals surface area (Å²) in [5.74, 6) is 0. The highest BCUT2D eigenvalue weighted by atomic mass is 15.2. The Labute approximate surface area is 634 Å². The van der Waals surface area contributed by atoms with Crippen LogP contribution in [0.15, 0.2) is 376 Å². The number of fused-ring (bicyclic) bond motifs is 26. The van der Waals surface area contributed by atoms with Gasteiger partial charge in [-0.3, -0.25) is 0 Å². The van der Waals surface area contributed by atoms with E-state index >= 15 is 0 Å². The maximum Gasteiger partial charge on any atom is 0.252 e. The molecule has 0 N–H and O–H groups in total. The molecule has 110 heavy (non-hydrogen) atoms. The van der Waals surface area contributed by atoms with E-state index in [0.29, 0.717) is 0 Å². The Morgan fingerprint density at radius 2 is 0.455 bits per heavy atom. The molecule has 0 aliphatic carbocycles. The van der Waals surface area contributed by atoms with E-state index in [4.69, 9.17) is 0 Å². The van der Waals surface area contributed by atoms with Gasteiger partial charge in [-0.05, 0) is 202 Å². The minimum absolute atomic E-state index is 0.206. The Morgan fingerprint density at radius 3 is 0.818 bits per heavy atom. The van der Waals surface area contributed by atoms with E-state index in [1.807, 2.05) is 0 Å². The molecule has 8 heteroatoms. The number of rotatable bonds is 6. The van der Waals surface area contributed by atoms with Crippen LogP contribution in [-0.4, -0.2) is 22.6 Å². The smallest absolute Gasteiger partial charge is 0.252 e. The minimum atomic E-state index is -0.206. The van der Waals surface area contributed by atoms with Crippen molar-refractivity contribution in [2.45, 2.75) is 0 Å². The molecular formula is C102H62B2N6. The number of anilines is 12. The molecular weight excluding hydrogens is 1330 g/mol. The third-order valence-electron chi connectivity index (χ3n) is 24.6. The third-order valence-corrected chi connectivity index (χ3v) is 24.6. The largest absolute Gasteiger partial charge is 0.311 e. The van der Waals surface area contributed by atoms with Crippen molar-refractivity contribution < 1.29 is 0 Å². The van der Waals surface area contributed by atoms with Crippen LogP contribution in [0, 0.1) is 0 Å². The van der Waals surface area contributed by atoms with E-state index in [0.717, 1.165) is 90.7 Å². The lowest BCUT2D eigenvalue weighted by atomic mass is 9.30. The number of benzene rings is 19. The van der Waals surface area contributed by atoms with Gasteiger partial charge >= 0.3 is 0 Å². The fourth-order valence-electron chi connectivity index (χ4n) is 20.3. The van der Waals surface area contributed by atoms with E-state index in [2.05, 4.69) is 405 Å². The van der Waals surface area contributed by atoms with Gasteiger partial charge < -0.3 is 28.7 Å². The topological polar surface area (TPSA) is 22.8 Å². The van der Waals surface area contributed by atoms with Gasteiger partial charge in [-0.1, -0.05) is 261 Å². The normalized spacial score (nSPS) is 13.3. The van der Waals surface area contributed by atoms with Crippen LogP contribution in [0.5, 0.6) is 0 Å². The molecule has 506 valence electrons. The van der Waals surface area contributed by atoms with Gasteiger partial charge in [-0.2, -0.15) is 0 Å². The number of aromatic nitrogens is 2. The maximum absolute atomic E-state index is 2.67. The van der Waals surface area contributed by atoms with Gasteiger partial charge in [0.1, 0.15) is 0 Å². The molecule has 0 saturated heterocycles. The minimum Gasteiger partial charge on any atom is -0.311 e. The lowest BCUT2D eigenvalue weighted by Gasteiger charge is -2.47.